The highest BCUT2D eigenvalue weighted by Gasteiger charge is 2.31. The van der Waals surface area contributed by atoms with E-state index < -0.39 is 0 Å². The Kier molecular flexibility index (Phi) is 4.88. The number of unbranched alkanes of at least 4 members (excludes halogenated alkanes) is 1. The smallest absolute Gasteiger partial charge is 0.340 e. The van der Waals surface area contributed by atoms with Gasteiger partial charge in [0.15, 0.2) is 0 Å². The lowest BCUT2D eigenvalue weighted by atomic mass is 10.1. The number of nitrogens with zero attached hydrogens (tertiary/aromatic N) is 1. The number of nitrogens with two attached hydrogens (primary N) is 1. The number of benzene rings is 1. The fraction of sp³-hybridized carbons (Fsp3) is 0.562. The predicted molar refractivity (Wildman–Crippen MR) is 82.1 cm³/mol. The van der Waals surface area contributed by atoms with Gasteiger partial charge in [-0.2, -0.15) is 0 Å². The Balaban J connectivity index is 2.29. The lowest BCUT2D eigenvalue weighted by molar-refractivity contribution is 0.0527. The number of anilines is 2. The van der Waals surface area contributed by atoms with Gasteiger partial charge in [0.05, 0.1) is 17.9 Å². The van der Waals surface area contributed by atoms with Crippen LogP contribution in [-0.4, -0.2) is 25.2 Å². The van der Waals surface area contributed by atoms with Crippen LogP contribution in [0.25, 0.3) is 0 Å². The molecule has 0 heterocycles. The third-order valence-corrected chi connectivity index (χ3v) is 3.57. The maximum atomic E-state index is 12.1. The maximum absolute atomic E-state index is 12.1. The molecule has 0 radical (unpaired) electrons. The molecule has 4 heteroatoms. The van der Waals surface area contributed by atoms with Gasteiger partial charge in [-0.3, -0.25) is 0 Å². The van der Waals surface area contributed by atoms with Gasteiger partial charge in [-0.25, -0.2) is 4.79 Å². The average Bonchev–Trinajstić information content (AvgIpc) is 3.25. The van der Waals surface area contributed by atoms with Gasteiger partial charge in [-0.1, -0.05) is 13.3 Å². The molecule has 1 aromatic rings. The minimum absolute atomic E-state index is 0.281. The number of carbonyl (C=O) groups is 1. The maximum Gasteiger partial charge on any atom is 0.340 e. The van der Waals surface area contributed by atoms with Crippen molar-refractivity contribution in [2.45, 2.75) is 45.6 Å². The van der Waals surface area contributed by atoms with Crippen molar-refractivity contribution in [3.8, 4) is 0 Å². The van der Waals surface area contributed by atoms with Gasteiger partial charge in [-0.05, 0) is 44.4 Å². The molecule has 1 aliphatic carbocycles. The van der Waals surface area contributed by atoms with Crippen molar-refractivity contribution < 1.29 is 9.53 Å². The molecule has 0 spiro atoms. The number of rotatable bonds is 7. The Morgan fingerprint density at radius 1 is 1.40 bits per heavy atom. The summed E-state index contributed by atoms with van der Waals surface area (Å²) >= 11 is 0. The molecule has 0 unspecified atom stereocenters. The van der Waals surface area contributed by atoms with E-state index in [1.807, 2.05) is 19.1 Å². The molecule has 0 atom stereocenters. The van der Waals surface area contributed by atoms with Crippen LogP contribution in [-0.2, 0) is 4.74 Å². The second kappa shape index (κ2) is 6.64. The van der Waals surface area contributed by atoms with Crippen molar-refractivity contribution in [3.05, 3.63) is 23.8 Å². The van der Waals surface area contributed by atoms with Crippen LogP contribution in [0.1, 0.15) is 49.9 Å². The molecule has 1 saturated carbocycles. The largest absolute Gasteiger partial charge is 0.462 e. The van der Waals surface area contributed by atoms with Gasteiger partial charge >= 0.3 is 5.97 Å². The molecule has 1 fully saturated rings. The molecule has 1 aromatic carbocycles. The Hall–Kier alpha value is -1.71. The standard InChI is InChI=1S/C16H24N2O2/c1-3-5-10-18(13-7-8-13)15-9-6-12(17)11-14(15)16(19)20-4-2/h6,9,11,13H,3-5,7-8,10,17H2,1-2H3. The summed E-state index contributed by atoms with van der Waals surface area (Å²) in [6.07, 6.45) is 4.68. The first-order valence-electron chi connectivity index (χ1n) is 7.50. The van der Waals surface area contributed by atoms with Gasteiger partial charge < -0.3 is 15.4 Å². The number of esters is 1. The number of hydrogen-bond donors (Lipinski definition) is 1. The van der Waals surface area contributed by atoms with E-state index in [-0.39, 0.29) is 5.97 Å². The Morgan fingerprint density at radius 2 is 2.15 bits per heavy atom. The molecule has 0 bridgehead atoms. The van der Waals surface area contributed by atoms with E-state index in [1.54, 1.807) is 6.07 Å². The van der Waals surface area contributed by atoms with E-state index in [9.17, 15) is 4.79 Å². The highest BCUT2D eigenvalue weighted by Crippen LogP contribution is 2.35. The Bertz CT molecular complexity index is 470. The monoisotopic (exact) mass is 276 g/mol. The molecule has 0 saturated heterocycles. The Labute approximate surface area is 120 Å². The van der Waals surface area contributed by atoms with E-state index in [4.69, 9.17) is 10.5 Å². The van der Waals surface area contributed by atoms with Crippen molar-refractivity contribution in [2.24, 2.45) is 0 Å². The summed E-state index contributed by atoms with van der Waals surface area (Å²) in [7, 11) is 0. The molecule has 4 nitrogen and oxygen atoms in total. The summed E-state index contributed by atoms with van der Waals surface area (Å²) in [6.45, 7) is 5.36. The van der Waals surface area contributed by atoms with Crippen LogP contribution >= 0.6 is 0 Å². The first-order valence-corrected chi connectivity index (χ1v) is 7.50. The number of nitrogen functional groups attached to an aromatic ring is 1. The summed E-state index contributed by atoms with van der Waals surface area (Å²) in [4.78, 5) is 14.5. The molecule has 2 N–H and O–H groups in total. The molecular weight excluding hydrogens is 252 g/mol. The van der Waals surface area contributed by atoms with Crippen LogP contribution in [0, 0.1) is 0 Å². The van der Waals surface area contributed by atoms with Crippen molar-refractivity contribution >= 4 is 17.3 Å². The van der Waals surface area contributed by atoms with Crippen LogP contribution in [0.4, 0.5) is 11.4 Å². The zero-order valence-electron chi connectivity index (χ0n) is 12.4. The molecule has 2 rings (SSSR count). The van der Waals surface area contributed by atoms with Crippen molar-refractivity contribution in [1.29, 1.82) is 0 Å². The van der Waals surface area contributed by atoms with Gasteiger partial charge in [0.25, 0.3) is 0 Å². The lowest BCUT2D eigenvalue weighted by Gasteiger charge is -2.26. The SMILES string of the molecule is CCCCN(c1ccc(N)cc1C(=O)OCC)C1CC1. The van der Waals surface area contributed by atoms with Crippen LogP contribution in [0.2, 0.25) is 0 Å². The van der Waals surface area contributed by atoms with Crippen molar-refractivity contribution in [2.75, 3.05) is 23.8 Å². The fourth-order valence-electron chi connectivity index (χ4n) is 2.39. The molecular formula is C16H24N2O2. The summed E-state index contributed by atoms with van der Waals surface area (Å²) in [5.74, 6) is -0.281. The zero-order valence-corrected chi connectivity index (χ0v) is 12.4. The first-order chi connectivity index (χ1) is 9.67. The fourth-order valence-corrected chi connectivity index (χ4v) is 2.39. The molecule has 1 aliphatic rings. The summed E-state index contributed by atoms with van der Waals surface area (Å²) < 4.78 is 5.16. The molecule has 0 aliphatic heterocycles. The number of hydrogen-bond acceptors (Lipinski definition) is 4. The Morgan fingerprint density at radius 3 is 2.75 bits per heavy atom. The second-order valence-electron chi connectivity index (χ2n) is 5.28. The van der Waals surface area contributed by atoms with Crippen LogP contribution in [0.15, 0.2) is 18.2 Å². The topological polar surface area (TPSA) is 55.6 Å². The normalized spacial score (nSPS) is 14.1. The second-order valence-corrected chi connectivity index (χ2v) is 5.28. The highest BCUT2D eigenvalue weighted by molar-refractivity contribution is 5.97. The van der Waals surface area contributed by atoms with Crippen LogP contribution in [0.3, 0.4) is 0 Å². The minimum Gasteiger partial charge on any atom is -0.462 e. The molecule has 0 amide bonds. The van der Waals surface area contributed by atoms with Crippen molar-refractivity contribution in [3.63, 3.8) is 0 Å². The van der Waals surface area contributed by atoms with E-state index in [1.165, 1.54) is 12.8 Å². The van der Waals surface area contributed by atoms with Gasteiger partial charge in [0, 0.05) is 18.3 Å². The van der Waals surface area contributed by atoms with Gasteiger partial charge in [0.1, 0.15) is 0 Å². The average molecular weight is 276 g/mol. The number of carbonyl (C=O) groups excluding carboxylic acids is 1. The van der Waals surface area contributed by atoms with E-state index in [2.05, 4.69) is 11.8 Å². The van der Waals surface area contributed by atoms with E-state index >= 15 is 0 Å². The summed E-state index contributed by atoms with van der Waals surface area (Å²) in [5, 5.41) is 0. The van der Waals surface area contributed by atoms with E-state index in [0.717, 1.165) is 25.1 Å². The van der Waals surface area contributed by atoms with Gasteiger partial charge in [0.2, 0.25) is 0 Å². The molecule has 20 heavy (non-hydrogen) atoms. The summed E-state index contributed by atoms with van der Waals surface area (Å²) in [5.41, 5.74) is 7.99. The third-order valence-electron chi connectivity index (χ3n) is 3.57. The molecule has 110 valence electrons. The van der Waals surface area contributed by atoms with E-state index in [0.29, 0.717) is 23.9 Å². The third kappa shape index (κ3) is 3.44. The first kappa shape index (κ1) is 14.7. The summed E-state index contributed by atoms with van der Waals surface area (Å²) in [6, 6.07) is 6.11. The quantitative estimate of drug-likeness (QED) is 0.613. The van der Waals surface area contributed by atoms with Crippen LogP contribution < -0.4 is 10.6 Å². The van der Waals surface area contributed by atoms with Crippen LogP contribution in [0.5, 0.6) is 0 Å². The predicted octanol–water partition coefficient (Wildman–Crippen LogP) is 3.21. The van der Waals surface area contributed by atoms with Crippen molar-refractivity contribution in [1.82, 2.24) is 0 Å². The lowest BCUT2D eigenvalue weighted by Crippen LogP contribution is -2.28. The minimum atomic E-state index is -0.281. The van der Waals surface area contributed by atoms with Gasteiger partial charge in [-0.15, -0.1) is 0 Å². The molecule has 0 aromatic heterocycles. The zero-order chi connectivity index (χ0) is 14.5. The number of ether oxygens (including phenoxy) is 1. The highest BCUT2D eigenvalue weighted by atomic mass is 16.5.